The van der Waals surface area contributed by atoms with Crippen molar-refractivity contribution in [2.24, 2.45) is 7.05 Å². The lowest BCUT2D eigenvalue weighted by Crippen LogP contribution is -2.23. The Balaban J connectivity index is 2.02. The number of carbonyl (C=O) groups is 2. The molecule has 2 rings (SSSR count). The molecule has 0 saturated carbocycles. The van der Waals surface area contributed by atoms with Gasteiger partial charge in [0.1, 0.15) is 17.1 Å². The van der Waals surface area contributed by atoms with Gasteiger partial charge in [-0.1, -0.05) is 18.2 Å². The van der Waals surface area contributed by atoms with Gasteiger partial charge in [-0.25, -0.2) is 4.79 Å². The number of ether oxygens (including phenoxy) is 2. The highest BCUT2D eigenvalue weighted by Gasteiger charge is 2.19. The maximum absolute atomic E-state index is 12.1. The van der Waals surface area contributed by atoms with Crippen LogP contribution in [0.4, 0.5) is 5.82 Å². The number of aromatic nitrogens is 2. The summed E-state index contributed by atoms with van der Waals surface area (Å²) >= 11 is 0. The van der Waals surface area contributed by atoms with Crippen molar-refractivity contribution in [1.82, 2.24) is 9.78 Å². The summed E-state index contributed by atoms with van der Waals surface area (Å²) in [5, 5.41) is 6.59. The van der Waals surface area contributed by atoms with E-state index in [-0.39, 0.29) is 30.5 Å². The fourth-order valence-corrected chi connectivity index (χ4v) is 1.97. The molecule has 1 aromatic carbocycles. The first-order valence-electron chi connectivity index (χ1n) is 7.20. The Hall–Kier alpha value is -2.83. The number of para-hydroxylation sites is 1. The summed E-state index contributed by atoms with van der Waals surface area (Å²) in [5.74, 6) is -0.00164. The number of esters is 1. The normalized spacial score (nSPS) is 10.2. The lowest BCUT2D eigenvalue weighted by molar-refractivity contribution is -0.118. The van der Waals surface area contributed by atoms with Crippen molar-refractivity contribution in [3.8, 4) is 5.75 Å². The van der Waals surface area contributed by atoms with E-state index in [2.05, 4.69) is 10.4 Å². The number of carbonyl (C=O) groups excluding carboxylic acids is 2. The third kappa shape index (κ3) is 4.09. The minimum Gasteiger partial charge on any atom is -0.483 e. The van der Waals surface area contributed by atoms with E-state index < -0.39 is 5.97 Å². The number of amides is 1. The summed E-state index contributed by atoms with van der Waals surface area (Å²) in [5.41, 5.74) is 1.15. The van der Waals surface area contributed by atoms with Crippen LogP contribution in [0, 0.1) is 6.92 Å². The van der Waals surface area contributed by atoms with Crippen LogP contribution < -0.4 is 10.1 Å². The van der Waals surface area contributed by atoms with E-state index >= 15 is 0 Å². The summed E-state index contributed by atoms with van der Waals surface area (Å²) in [6, 6.07) is 7.41. The van der Waals surface area contributed by atoms with Gasteiger partial charge in [0, 0.05) is 7.05 Å². The maximum atomic E-state index is 12.1. The van der Waals surface area contributed by atoms with Crippen molar-refractivity contribution in [1.29, 1.82) is 0 Å². The predicted octanol–water partition coefficient (Wildman–Crippen LogP) is 1.92. The molecule has 0 aliphatic heterocycles. The van der Waals surface area contributed by atoms with E-state index in [1.165, 1.54) is 10.9 Å². The highest BCUT2D eigenvalue weighted by Crippen LogP contribution is 2.17. The molecule has 1 amide bonds. The molecule has 23 heavy (non-hydrogen) atoms. The van der Waals surface area contributed by atoms with Crippen molar-refractivity contribution < 1.29 is 19.1 Å². The number of nitrogens with zero attached hydrogens (tertiary/aromatic N) is 2. The third-order valence-corrected chi connectivity index (χ3v) is 3.14. The maximum Gasteiger partial charge on any atom is 0.343 e. The van der Waals surface area contributed by atoms with E-state index in [1.807, 2.05) is 25.1 Å². The first-order valence-corrected chi connectivity index (χ1v) is 7.20. The Morgan fingerprint density at radius 3 is 2.74 bits per heavy atom. The van der Waals surface area contributed by atoms with Crippen molar-refractivity contribution in [3.63, 3.8) is 0 Å². The molecule has 0 spiro atoms. The Morgan fingerprint density at radius 1 is 1.30 bits per heavy atom. The van der Waals surface area contributed by atoms with Crippen LogP contribution in [0.25, 0.3) is 0 Å². The zero-order chi connectivity index (χ0) is 16.8. The van der Waals surface area contributed by atoms with Crippen LogP contribution in [-0.2, 0) is 16.6 Å². The van der Waals surface area contributed by atoms with Gasteiger partial charge >= 0.3 is 5.97 Å². The van der Waals surface area contributed by atoms with Crippen LogP contribution in [0.1, 0.15) is 22.8 Å². The largest absolute Gasteiger partial charge is 0.483 e. The van der Waals surface area contributed by atoms with Gasteiger partial charge in [0.05, 0.1) is 12.8 Å². The van der Waals surface area contributed by atoms with Gasteiger partial charge < -0.3 is 14.8 Å². The van der Waals surface area contributed by atoms with E-state index in [0.717, 1.165) is 5.56 Å². The molecule has 0 atom stereocenters. The van der Waals surface area contributed by atoms with Crippen LogP contribution in [0.2, 0.25) is 0 Å². The first kappa shape index (κ1) is 16.5. The summed E-state index contributed by atoms with van der Waals surface area (Å²) in [4.78, 5) is 23.9. The molecule has 0 aliphatic rings. The number of benzene rings is 1. The standard InChI is InChI=1S/C16H19N3O4/c1-4-22-16(21)12-9-17-19(3)15(12)18-14(20)10-23-13-8-6-5-7-11(13)2/h5-9H,4,10H2,1-3H3,(H,18,20). The molecule has 0 bridgehead atoms. The number of hydrogen-bond donors (Lipinski definition) is 1. The van der Waals surface area contributed by atoms with Crippen LogP contribution in [0.15, 0.2) is 30.5 Å². The lowest BCUT2D eigenvalue weighted by Gasteiger charge is -2.10. The summed E-state index contributed by atoms with van der Waals surface area (Å²) in [7, 11) is 1.63. The molecule has 1 aromatic heterocycles. The van der Waals surface area contributed by atoms with Crippen molar-refractivity contribution in [3.05, 3.63) is 41.6 Å². The van der Waals surface area contributed by atoms with Gasteiger partial charge in [-0.3, -0.25) is 9.48 Å². The molecule has 1 heterocycles. The van der Waals surface area contributed by atoms with E-state index in [0.29, 0.717) is 5.75 Å². The van der Waals surface area contributed by atoms with Gasteiger partial charge in [-0.05, 0) is 25.5 Å². The van der Waals surface area contributed by atoms with Crippen LogP contribution in [0.3, 0.4) is 0 Å². The molecule has 7 heteroatoms. The number of aryl methyl sites for hydroxylation is 2. The molecule has 0 saturated heterocycles. The van der Waals surface area contributed by atoms with Crippen LogP contribution in [-0.4, -0.2) is 34.9 Å². The Labute approximate surface area is 134 Å². The second-order valence-electron chi connectivity index (χ2n) is 4.85. The zero-order valence-corrected chi connectivity index (χ0v) is 13.3. The van der Waals surface area contributed by atoms with Crippen molar-refractivity contribution >= 4 is 17.7 Å². The summed E-state index contributed by atoms with van der Waals surface area (Å²) in [6.07, 6.45) is 1.36. The molecule has 0 radical (unpaired) electrons. The van der Waals surface area contributed by atoms with Gasteiger partial charge in [-0.15, -0.1) is 0 Å². The number of nitrogens with one attached hydrogen (secondary N) is 1. The topological polar surface area (TPSA) is 82.5 Å². The second kappa shape index (κ2) is 7.44. The third-order valence-electron chi connectivity index (χ3n) is 3.14. The average Bonchev–Trinajstić information content (AvgIpc) is 2.88. The van der Waals surface area contributed by atoms with Gasteiger partial charge in [0.15, 0.2) is 6.61 Å². The quantitative estimate of drug-likeness (QED) is 0.823. The van der Waals surface area contributed by atoms with E-state index in [4.69, 9.17) is 9.47 Å². The predicted molar refractivity (Wildman–Crippen MR) is 84.5 cm³/mol. The minimum atomic E-state index is -0.532. The van der Waals surface area contributed by atoms with Gasteiger partial charge in [-0.2, -0.15) is 5.10 Å². The molecular formula is C16H19N3O4. The van der Waals surface area contributed by atoms with Crippen molar-refractivity contribution in [2.45, 2.75) is 13.8 Å². The summed E-state index contributed by atoms with van der Waals surface area (Å²) < 4.78 is 11.8. The van der Waals surface area contributed by atoms with Crippen molar-refractivity contribution in [2.75, 3.05) is 18.5 Å². The fraction of sp³-hybridized carbons (Fsp3) is 0.312. The monoisotopic (exact) mass is 317 g/mol. The number of anilines is 1. The highest BCUT2D eigenvalue weighted by atomic mass is 16.5. The molecule has 2 aromatic rings. The molecular weight excluding hydrogens is 298 g/mol. The van der Waals surface area contributed by atoms with Crippen LogP contribution >= 0.6 is 0 Å². The zero-order valence-electron chi connectivity index (χ0n) is 13.3. The Kier molecular flexibility index (Phi) is 5.35. The molecule has 0 aliphatic carbocycles. The molecule has 122 valence electrons. The Bertz CT molecular complexity index is 709. The molecule has 0 unspecified atom stereocenters. The number of hydrogen-bond acceptors (Lipinski definition) is 5. The second-order valence-corrected chi connectivity index (χ2v) is 4.85. The van der Waals surface area contributed by atoms with Gasteiger partial charge in [0.2, 0.25) is 0 Å². The average molecular weight is 317 g/mol. The first-order chi connectivity index (χ1) is 11.0. The van der Waals surface area contributed by atoms with E-state index in [1.54, 1.807) is 20.0 Å². The highest BCUT2D eigenvalue weighted by molar-refractivity contribution is 6.00. The fourth-order valence-electron chi connectivity index (χ4n) is 1.97. The Morgan fingerprint density at radius 2 is 2.04 bits per heavy atom. The lowest BCUT2D eigenvalue weighted by atomic mass is 10.2. The SMILES string of the molecule is CCOC(=O)c1cnn(C)c1NC(=O)COc1ccccc1C. The summed E-state index contributed by atoms with van der Waals surface area (Å²) in [6.45, 7) is 3.69. The van der Waals surface area contributed by atoms with Gasteiger partial charge in [0.25, 0.3) is 5.91 Å². The van der Waals surface area contributed by atoms with E-state index in [9.17, 15) is 9.59 Å². The molecule has 7 nitrogen and oxygen atoms in total. The minimum absolute atomic E-state index is 0.168. The smallest absolute Gasteiger partial charge is 0.343 e. The molecule has 1 N–H and O–H groups in total. The van der Waals surface area contributed by atoms with Crippen LogP contribution in [0.5, 0.6) is 5.75 Å². The number of rotatable bonds is 6. The molecule has 0 fully saturated rings.